The van der Waals surface area contributed by atoms with Gasteiger partial charge in [-0.1, -0.05) is 0 Å². The van der Waals surface area contributed by atoms with Crippen molar-refractivity contribution in [1.82, 2.24) is 0 Å². The number of ether oxygens (including phenoxy) is 1. The third-order valence-electron chi connectivity index (χ3n) is 0.812. The van der Waals surface area contributed by atoms with Crippen LogP contribution in [-0.2, 0) is 14.3 Å². The lowest BCUT2D eigenvalue weighted by atomic mass is 10.3. The van der Waals surface area contributed by atoms with Crippen molar-refractivity contribution in [1.29, 1.82) is 0 Å². The van der Waals surface area contributed by atoms with Crippen molar-refractivity contribution < 1.29 is 27.5 Å². The number of hydrogen-bond acceptors (Lipinski definition) is 3. The molecule has 6 heteroatoms. The molecule has 12 heavy (non-hydrogen) atoms. The van der Waals surface area contributed by atoms with Gasteiger partial charge in [-0.15, -0.1) is 0 Å². The minimum Gasteiger partial charge on any atom is -0.398 e. The van der Waals surface area contributed by atoms with E-state index in [4.69, 9.17) is 0 Å². The zero-order chi connectivity index (χ0) is 9.78. The van der Waals surface area contributed by atoms with E-state index >= 15 is 0 Å². The molecule has 0 saturated carbocycles. The van der Waals surface area contributed by atoms with E-state index in [9.17, 15) is 22.8 Å². The molecular weight excluding hydrogens is 177 g/mol. The molecule has 0 spiro atoms. The summed E-state index contributed by atoms with van der Waals surface area (Å²) < 4.78 is 38.5. The van der Waals surface area contributed by atoms with Crippen LogP contribution in [0.15, 0.2) is 0 Å². The van der Waals surface area contributed by atoms with Crippen molar-refractivity contribution in [3.8, 4) is 0 Å². The van der Waals surface area contributed by atoms with E-state index < -0.39 is 31.0 Å². The summed E-state index contributed by atoms with van der Waals surface area (Å²) in [5, 5.41) is 0. The number of hydrogen-bond donors (Lipinski definition) is 0. The third kappa shape index (κ3) is 4.70. The molecule has 0 bridgehead atoms. The minimum atomic E-state index is -4.12. The maximum Gasteiger partial charge on any atom is 0.429 e. The molecule has 0 radical (unpaired) electrons. The summed E-state index contributed by atoms with van der Waals surface area (Å²) in [6.07, 6.45) is -4.89. The predicted molar refractivity (Wildman–Crippen MR) is 32.3 cm³/mol. The molecule has 0 saturated heterocycles. The Labute approximate surface area is 66.5 Å². The smallest absolute Gasteiger partial charge is 0.398 e. The Balaban J connectivity index is 3.92. The number of carbonyl (C=O) groups excluding carboxylic acids is 2. The van der Waals surface area contributed by atoms with Gasteiger partial charge < -0.3 is 4.74 Å². The van der Waals surface area contributed by atoms with Crippen molar-refractivity contribution in [3.05, 3.63) is 0 Å². The van der Waals surface area contributed by atoms with Crippen LogP contribution >= 0.6 is 0 Å². The van der Waals surface area contributed by atoms with Crippen LogP contribution in [0.2, 0.25) is 0 Å². The zero-order valence-corrected chi connectivity index (χ0v) is 6.27. The fourth-order valence-corrected chi connectivity index (χ4v) is 0.433. The van der Waals surface area contributed by atoms with Gasteiger partial charge in [0, 0.05) is 0 Å². The molecule has 0 atom stereocenters. The molecule has 0 aliphatic carbocycles. The lowest BCUT2D eigenvalue weighted by Gasteiger charge is -2.11. The molecule has 0 fully saturated rings. The minimum absolute atomic E-state index is 0.616. The molecule has 0 rings (SSSR count). The monoisotopic (exact) mass is 184 g/mol. The van der Waals surface area contributed by atoms with Gasteiger partial charge in [0.05, 0.1) is 0 Å². The maximum atomic E-state index is 11.9. The van der Waals surface area contributed by atoms with Gasteiger partial charge in [0.25, 0.3) is 0 Å². The Bertz CT molecular complexity index is 190. The number of carbonyl (C=O) groups is 2. The van der Waals surface area contributed by atoms with Crippen LogP contribution in [0.5, 0.6) is 0 Å². The lowest BCUT2D eigenvalue weighted by molar-refractivity contribution is -0.238. The first-order chi connectivity index (χ1) is 5.37. The molecule has 0 aromatic rings. The average Bonchev–Trinajstić information content (AvgIpc) is 1.84. The molecule has 0 aliphatic heterocycles. The van der Waals surface area contributed by atoms with E-state index in [1.807, 2.05) is 0 Å². The fourth-order valence-electron chi connectivity index (χ4n) is 0.433. The topological polar surface area (TPSA) is 43.4 Å². The summed E-state index contributed by atoms with van der Waals surface area (Å²) in [7, 11) is 0. The SMILES string of the molecule is CC(=O)CC(=O)OC(F)(F)CF. The lowest BCUT2D eigenvalue weighted by Crippen LogP contribution is -2.27. The number of halogens is 3. The highest BCUT2D eigenvalue weighted by Gasteiger charge is 2.34. The van der Waals surface area contributed by atoms with Crippen molar-refractivity contribution >= 4 is 11.8 Å². The van der Waals surface area contributed by atoms with Gasteiger partial charge in [0.15, 0.2) is 6.67 Å². The number of Topliss-reactive ketones (excluding diaryl/α,β-unsaturated/α-hetero) is 1. The van der Waals surface area contributed by atoms with Crippen LogP contribution in [0, 0.1) is 0 Å². The molecule has 0 heterocycles. The van der Waals surface area contributed by atoms with E-state index in [0.29, 0.717) is 0 Å². The summed E-state index contributed by atoms with van der Waals surface area (Å²) in [4.78, 5) is 20.5. The van der Waals surface area contributed by atoms with Crippen LogP contribution in [0.1, 0.15) is 13.3 Å². The van der Waals surface area contributed by atoms with Crippen LogP contribution in [0.4, 0.5) is 13.2 Å². The highest BCUT2D eigenvalue weighted by atomic mass is 19.3. The maximum absolute atomic E-state index is 11.9. The van der Waals surface area contributed by atoms with Gasteiger partial charge in [0.2, 0.25) is 0 Å². The Morgan fingerprint density at radius 2 is 1.92 bits per heavy atom. The number of rotatable bonds is 4. The highest BCUT2D eigenvalue weighted by Crippen LogP contribution is 2.16. The predicted octanol–water partition coefficient (Wildman–Crippen LogP) is 1.07. The van der Waals surface area contributed by atoms with Gasteiger partial charge in [-0.05, 0) is 6.92 Å². The largest absolute Gasteiger partial charge is 0.429 e. The Kier molecular flexibility index (Phi) is 3.72. The molecule has 0 aromatic heterocycles. The zero-order valence-electron chi connectivity index (χ0n) is 6.27. The van der Waals surface area contributed by atoms with E-state index in [-0.39, 0.29) is 0 Å². The Morgan fingerprint density at radius 3 is 2.25 bits per heavy atom. The summed E-state index contributed by atoms with van der Waals surface area (Å²) in [5.74, 6) is -2.04. The Hall–Kier alpha value is -1.07. The molecule has 0 amide bonds. The molecule has 70 valence electrons. The van der Waals surface area contributed by atoms with E-state index in [1.165, 1.54) is 0 Å². The molecule has 0 aromatic carbocycles. The van der Waals surface area contributed by atoms with Gasteiger partial charge in [-0.25, -0.2) is 4.39 Å². The average molecular weight is 184 g/mol. The summed E-state index contributed by atoms with van der Waals surface area (Å²) >= 11 is 0. The standard InChI is InChI=1S/C6H7F3O3/c1-4(10)2-5(11)12-6(8,9)3-7/h2-3H2,1H3. The second-order valence-corrected chi connectivity index (χ2v) is 2.12. The molecule has 3 nitrogen and oxygen atoms in total. The second kappa shape index (κ2) is 4.08. The molecule has 0 aliphatic rings. The summed E-state index contributed by atoms with van der Waals surface area (Å²) in [6, 6.07) is 0. The Morgan fingerprint density at radius 1 is 1.42 bits per heavy atom. The van der Waals surface area contributed by atoms with Crippen molar-refractivity contribution in [3.63, 3.8) is 0 Å². The van der Waals surface area contributed by atoms with Crippen molar-refractivity contribution in [2.24, 2.45) is 0 Å². The molecule has 0 unspecified atom stereocenters. The van der Waals surface area contributed by atoms with Gasteiger partial charge in [0.1, 0.15) is 12.2 Å². The normalized spacial score (nSPS) is 11.0. The fraction of sp³-hybridized carbons (Fsp3) is 0.667. The number of alkyl halides is 3. The van der Waals surface area contributed by atoms with Crippen LogP contribution in [0.3, 0.4) is 0 Å². The van der Waals surface area contributed by atoms with Crippen LogP contribution < -0.4 is 0 Å². The van der Waals surface area contributed by atoms with Crippen LogP contribution in [0.25, 0.3) is 0 Å². The number of esters is 1. The van der Waals surface area contributed by atoms with E-state index in [1.54, 1.807) is 0 Å². The summed E-state index contributed by atoms with van der Waals surface area (Å²) in [5.41, 5.74) is 0. The van der Waals surface area contributed by atoms with E-state index in [0.717, 1.165) is 6.92 Å². The highest BCUT2D eigenvalue weighted by molar-refractivity contribution is 5.94. The van der Waals surface area contributed by atoms with Crippen molar-refractivity contribution in [2.45, 2.75) is 19.5 Å². The van der Waals surface area contributed by atoms with E-state index in [2.05, 4.69) is 4.74 Å². The quantitative estimate of drug-likeness (QED) is 0.484. The van der Waals surface area contributed by atoms with Crippen molar-refractivity contribution in [2.75, 3.05) is 6.67 Å². The van der Waals surface area contributed by atoms with Gasteiger partial charge in [-0.3, -0.25) is 9.59 Å². The second-order valence-electron chi connectivity index (χ2n) is 2.12. The first kappa shape index (κ1) is 10.9. The van der Waals surface area contributed by atoms with Gasteiger partial charge in [-0.2, -0.15) is 8.78 Å². The molecule has 0 N–H and O–H groups in total. The summed E-state index contributed by atoms with van der Waals surface area (Å²) in [6.45, 7) is -1.05. The molecular formula is C6H7F3O3. The first-order valence-corrected chi connectivity index (χ1v) is 3.02. The number of ketones is 1. The third-order valence-corrected chi connectivity index (χ3v) is 0.812. The first-order valence-electron chi connectivity index (χ1n) is 3.02. The van der Waals surface area contributed by atoms with Gasteiger partial charge >= 0.3 is 12.1 Å². The van der Waals surface area contributed by atoms with Crippen LogP contribution in [-0.4, -0.2) is 24.5 Å².